The van der Waals surface area contributed by atoms with Crippen LogP contribution in [-0.4, -0.2) is 63.9 Å². The maximum Gasteiger partial charge on any atom is 0.158 e. The van der Waals surface area contributed by atoms with Gasteiger partial charge in [-0.1, -0.05) is 0 Å². The Morgan fingerprint density at radius 2 is 2.03 bits per heavy atom. The number of aromatic nitrogens is 4. The monoisotopic (exact) mass is 432 g/mol. The Hall–Kier alpha value is -3.64. The topological polar surface area (TPSA) is 106 Å². The first-order valence-corrected chi connectivity index (χ1v) is 10.7. The number of nitriles is 1. The van der Waals surface area contributed by atoms with E-state index in [1.807, 2.05) is 12.1 Å². The van der Waals surface area contributed by atoms with E-state index in [1.54, 1.807) is 7.11 Å². The van der Waals surface area contributed by atoms with E-state index < -0.39 is 0 Å². The fraction of sp³-hybridized carbons (Fsp3) is 0.391. The lowest BCUT2D eigenvalue weighted by Gasteiger charge is -2.43. The first kappa shape index (κ1) is 21.6. The van der Waals surface area contributed by atoms with E-state index in [9.17, 15) is 0 Å². The third kappa shape index (κ3) is 4.50. The predicted molar refractivity (Wildman–Crippen MR) is 124 cm³/mol. The lowest BCUT2D eigenvalue weighted by atomic mass is 10.1. The van der Waals surface area contributed by atoms with Gasteiger partial charge in [0.25, 0.3) is 0 Å². The molecular weight excluding hydrogens is 404 g/mol. The number of benzene rings is 1. The third-order valence-electron chi connectivity index (χ3n) is 5.78. The van der Waals surface area contributed by atoms with Gasteiger partial charge in [-0.05, 0) is 32.9 Å². The summed E-state index contributed by atoms with van der Waals surface area (Å²) in [6.07, 6.45) is 2.92. The van der Waals surface area contributed by atoms with Crippen molar-refractivity contribution in [2.75, 3.05) is 37.0 Å². The molecule has 1 fully saturated rings. The molecule has 2 N–H and O–H groups in total. The molecule has 9 heteroatoms. The molecule has 1 unspecified atom stereocenters. The summed E-state index contributed by atoms with van der Waals surface area (Å²) in [6, 6.07) is 11.2. The van der Waals surface area contributed by atoms with Crippen LogP contribution < -0.4 is 15.0 Å². The normalized spacial score (nSPS) is 16.8. The van der Waals surface area contributed by atoms with Gasteiger partial charge in [-0.15, -0.1) is 0 Å². The average Bonchev–Trinajstić information content (AvgIpc) is 3.27. The summed E-state index contributed by atoms with van der Waals surface area (Å²) in [5, 5.41) is 19.3. The quantitative estimate of drug-likeness (QED) is 0.610. The molecule has 0 spiro atoms. The van der Waals surface area contributed by atoms with Gasteiger partial charge >= 0.3 is 0 Å². The van der Waals surface area contributed by atoms with Gasteiger partial charge in [0.1, 0.15) is 17.6 Å². The minimum atomic E-state index is 0.267. The average molecular weight is 433 g/mol. The molecule has 1 saturated heterocycles. The Balaban J connectivity index is 1.50. The van der Waals surface area contributed by atoms with Crippen LogP contribution in [0.1, 0.15) is 26.5 Å². The van der Waals surface area contributed by atoms with Crippen molar-refractivity contribution in [1.29, 1.82) is 5.26 Å². The zero-order valence-electron chi connectivity index (χ0n) is 18.8. The van der Waals surface area contributed by atoms with Gasteiger partial charge in [-0.2, -0.15) is 10.4 Å². The molecule has 0 aliphatic carbocycles. The maximum atomic E-state index is 8.84. The predicted octanol–water partition coefficient (Wildman–Crippen LogP) is 3.41. The number of aromatic amines is 1. The van der Waals surface area contributed by atoms with Crippen molar-refractivity contribution in [2.24, 2.45) is 0 Å². The van der Waals surface area contributed by atoms with Crippen molar-refractivity contribution in [1.82, 2.24) is 25.1 Å². The fourth-order valence-corrected chi connectivity index (χ4v) is 4.18. The Labute approximate surface area is 188 Å². The molecule has 1 atom stereocenters. The molecule has 4 rings (SSSR count). The highest BCUT2D eigenvalue weighted by Gasteiger charge is 2.26. The molecule has 32 heavy (non-hydrogen) atoms. The van der Waals surface area contributed by atoms with Crippen molar-refractivity contribution >= 4 is 17.3 Å². The summed E-state index contributed by atoms with van der Waals surface area (Å²) in [5.74, 6) is 1.90. The van der Waals surface area contributed by atoms with Crippen molar-refractivity contribution in [3.63, 3.8) is 0 Å². The van der Waals surface area contributed by atoms with E-state index in [-0.39, 0.29) is 5.69 Å². The van der Waals surface area contributed by atoms with Crippen molar-refractivity contribution in [2.45, 2.75) is 32.9 Å². The second kappa shape index (κ2) is 9.24. The molecule has 1 aliphatic rings. The van der Waals surface area contributed by atoms with Gasteiger partial charge in [-0.25, -0.2) is 9.97 Å². The van der Waals surface area contributed by atoms with E-state index in [4.69, 9.17) is 10.00 Å². The molecule has 3 heterocycles. The number of H-pyrrole nitrogens is 1. The highest BCUT2D eigenvalue weighted by molar-refractivity contribution is 5.73. The number of rotatable bonds is 6. The van der Waals surface area contributed by atoms with Crippen LogP contribution in [0.25, 0.3) is 11.3 Å². The molecule has 2 aromatic heterocycles. The molecule has 1 aromatic carbocycles. The number of ether oxygens (including phenoxy) is 1. The van der Waals surface area contributed by atoms with Crippen LogP contribution in [0, 0.1) is 11.3 Å². The van der Waals surface area contributed by atoms with Crippen LogP contribution in [0.5, 0.6) is 5.75 Å². The SMILES string of the molecule is COc1cc(N2CCN(C(C)C)C(C)C2)ccc1-c1cc(Nc2cnc(C#N)cn2)n[nH]1. The van der Waals surface area contributed by atoms with Gasteiger partial charge in [0.2, 0.25) is 0 Å². The Morgan fingerprint density at radius 3 is 2.69 bits per heavy atom. The summed E-state index contributed by atoms with van der Waals surface area (Å²) in [5.41, 5.74) is 3.18. The van der Waals surface area contributed by atoms with Crippen LogP contribution >= 0.6 is 0 Å². The van der Waals surface area contributed by atoms with Crippen molar-refractivity contribution < 1.29 is 4.74 Å². The molecule has 0 amide bonds. The van der Waals surface area contributed by atoms with E-state index >= 15 is 0 Å². The Morgan fingerprint density at radius 1 is 1.19 bits per heavy atom. The lowest BCUT2D eigenvalue weighted by molar-refractivity contribution is 0.148. The number of hydrogen-bond acceptors (Lipinski definition) is 8. The molecule has 0 saturated carbocycles. The Bertz CT molecular complexity index is 1100. The number of hydrogen-bond donors (Lipinski definition) is 2. The van der Waals surface area contributed by atoms with Gasteiger partial charge in [-0.3, -0.25) is 10.00 Å². The first-order valence-electron chi connectivity index (χ1n) is 10.7. The minimum absolute atomic E-state index is 0.267. The molecule has 1 aliphatic heterocycles. The summed E-state index contributed by atoms with van der Waals surface area (Å²) < 4.78 is 5.71. The van der Waals surface area contributed by atoms with E-state index in [2.05, 4.69) is 74.3 Å². The van der Waals surface area contributed by atoms with Crippen LogP contribution in [0.2, 0.25) is 0 Å². The summed E-state index contributed by atoms with van der Waals surface area (Å²) in [4.78, 5) is 13.1. The molecular formula is C23H28N8O. The van der Waals surface area contributed by atoms with E-state index in [0.717, 1.165) is 42.3 Å². The highest BCUT2D eigenvalue weighted by atomic mass is 16.5. The fourth-order valence-electron chi connectivity index (χ4n) is 4.18. The third-order valence-corrected chi connectivity index (χ3v) is 5.78. The maximum absolute atomic E-state index is 8.84. The molecule has 0 radical (unpaired) electrons. The van der Waals surface area contributed by atoms with Crippen LogP contribution in [0.3, 0.4) is 0 Å². The van der Waals surface area contributed by atoms with Crippen LogP contribution in [0.15, 0.2) is 36.7 Å². The second-order valence-corrected chi connectivity index (χ2v) is 8.20. The summed E-state index contributed by atoms with van der Waals surface area (Å²) in [6.45, 7) is 9.84. The minimum Gasteiger partial charge on any atom is -0.496 e. The summed E-state index contributed by atoms with van der Waals surface area (Å²) >= 11 is 0. The second-order valence-electron chi connectivity index (χ2n) is 8.20. The van der Waals surface area contributed by atoms with Gasteiger partial charge in [0.05, 0.1) is 25.2 Å². The zero-order chi connectivity index (χ0) is 22.7. The first-order chi connectivity index (χ1) is 15.5. The highest BCUT2D eigenvalue weighted by Crippen LogP contribution is 2.34. The molecule has 9 nitrogen and oxygen atoms in total. The smallest absolute Gasteiger partial charge is 0.158 e. The zero-order valence-corrected chi connectivity index (χ0v) is 18.8. The molecule has 0 bridgehead atoms. The van der Waals surface area contributed by atoms with Gasteiger partial charge in [0, 0.05) is 55.1 Å². The standard InChI is InChI=1S/C23H28N8O/c1-15(2)31-8-7-30(14-16(31)3)18-5-6-19(21(9-18)32-4)20-10-22(29-28-20)27-23-13-25-17(11-24)12-26-23/h5-6,9-10,12-13,15-16H,7-8,14H2,1-4H3,(H2,26,27,28,29). The summed E-state index contributed by atoms with van der Waals surface area (Å²) in [7, 11) is 1.68. The molecule has 3 aromatic rings. The number of anilines is 3. The number of nitrogens with one attached hydrogen (secondary N) is 2. The van der Waals surface area contributed by atoms with Crippen LogP contribution in [0.4, 0.5) is 17.3 Å². The van der Waals surface area contributed by atoms with Gasteiger partial charge in [0.15, 0.2) is 11.5 Å². The largest absolute Gasteiger partial charge is 0.496 e. The van der Waals surface area contributed by atoms with Crippen molar-refractivity contribution in [3.05, 3.63) is 42.4 Å². The number of nitrogens with zero attached hydrogens (tertiary/aromatic N) is 6. The molecule has 166 valence electrons. The van der Waals surface area contributed by atoms with E-state index in [0.29, 0.717) is 23.7 Å². The van der Waals surface area contributed by atoms with E-state index in [1.165, 1.54) is 12.4 Å². The lowest BCUT2D eigenvalue weighted by Crippen LogP contribution is -2.54. The number of methoxy groups -OCH3 is 1. The van der Waals surface area contributed by atoms with Crippen molar-refractivity contribution in [3.8, 4) is 23.1 Å². The Kier molecular flexibility index (Phi) is 6.23. The number of piperazine rings is 1. The van der Waals surface area contributed by atoms with Crippen LogP contribution in [-0.2, 0) is 0 Å². The van der Waals surface area contributed by atoms with Gasteiger partial charge < -0.3 is 15.0 Å².